The number of halogens is 1. The summed E-state index contributed by atoms with van der Waals surface area (Å²) in [6.45, 7) is 7.78. The van der Waals surface area contributed by atoms with Gasteiger partial charge in [0.2, 0.25) is 0 Å². The molecule has 33 heavy (non-hydrogen) atoms. The van der Waals surface area contributed by atoms with E-state index in [1.807, 2.05) is 23.4 Å². The predicted molar refractivity (Wildman–Crippen MR) is 151 cm³/mol. The first-order chi connectivity index (χ1) is 15.6. The van der Waals surface area contributed by atoms with Crippen LogP contribution >= 0.6 is 35.7 Å². The second kappa shape index (κ2) is 12.3. The first-order valence-corrected chi connectivity index (χ1v) is 12.3. The Hall–Kier alpha value is -2.20. The summed E-state index contributed by atoms with van der Waals surface area (Å²) in [5, 5.41) is 11.5. The Bertz CT molecular complexity index is 1060. The van der Waals surface area contributed by atoms with Crippen LogP contribution < -0.4 is 15.5 Å². The van der Waals surface area contributed by atoms with Crippen molar-refractivity contribution in [2.45, 2.75) is 26.9 Å². The molecule has 6 nitrogen and oxygen atoms in total. The van der Waals surface area contributed by atoms with Crippen molar-refractivity contribution in [2.75, 3.05) is 36.5 Å². The third-order valence-electron chi connectivity index (χ3n) is 5.67. The average Bonchev–Trinajstić information content (AvgIpc) is 3.18. The van der Waals surface area contributed by atoms with Gasteiger partial charge in [-0.1, -0.05) is 30.3 Å². The third-order valence-corrected chi connectivity index (χ3v) is 6.61. The van der Waals surface area contributed by atoms with Crippen molar-refractivity contribution in [3.05, 3.63) is 77.1 Å². The number of aryl methyl sites for hydroxylation is 2. The zero-order chi connectivity index (χ0) is 22.3. The molecular formula is C25H33IN6S. The van der Waals surface area contributed by atoms with Crippen LogP contribution in [0.4, 0.5) is 5.69 Å². The molecule has 1 aliphatic heterocycles. The molecule has 176 valence electrons. The Kier molecular flexibility index (Phi) is 9.49. The Balaban J connectivity index is 0.00000306. The van der Waals surface area contributed by atoms with Crippen LogP contribution in [0.3, 0.4) is 0 Å². The van der Waals surface area contributed by atoms with Crippen molar-refractivity contribution in [1.29, 1.82) is 0 Å². The van der Waals surface area contributed by atoms with Gasteiger partial charge in [0.25, 0.3) is 0 Å². The van der Waals surface area contributed by atoms with Crippen molar-refractivity contribution in [2.24, 2.45) is 4.99 Å². The maximum Gasteiger partial charge on any atom is 0.191 e. The normalized spacial score (nSPS) is 14.0. The number of hydrogen-bond acceptors (Lipinski definition) is 4. The molecule has 1 aliphatic rings. The maximum atomic E-state index is 4.64. The van der Waals surface area contributed by atoms with Crippen molar-refractivity contribution in [3.8, 4) is 5.69 Å². The number of aromatic nitrogens is 2. The van der Waals surface area contributed by atoms with Crippen LogP contribution in [0.2, 0.25) is 0 Å². The Labute approximate surface area is 218 Å². The molecule has 1 saturated heterocycles. The molecular weight excluding hydrogens is 543 g/mol. The van der Waals surface area contributed by atoms with Crippen molar-refractivity contribution in [1.82, 2.24) is 20.4 Å². The lowest BCUT2D eigenvalue weighted by Gasteiger charge is -2.28. The van der Waals surface area contributed by atoms with E-state index in [-0.39, 0.29) is 24.0 Å². The van der Waals surface area contributed by atoms with Gasteiger partial charge in [-0.25, -0.2) is 4.68 Å². The third kappa shape index (κ3) is 6.66. The zero-order valence-electron chi connectivity index (χ0n) is 19.5. The average molecular weight is 577 g/mol. The summed E-state index contributed by atoms with van der Waals surface area (Å²) in [7, 11) is 1.81. The van der Waals surface area contributed by atoms with E-state index in [1.165, 1.54) is 28.3 Å². The van der Waals surface area contributed by atoms with Crippen molar-refractivity contribution >= 4 is 47.4 Å². The highest BCUT2D eigenvalue weighted by Crippen LogP contribution is 2.20. The number of nitrogens with zero attached hydrogens (tertiary/aromatic N) is 4. The van der Waals surface area contributed by atoms with Gasteiger partial charge in [0, 0.05) is 56.1 Å². The largest absolute Gasteiger partial charge is 0.370 e. The minimum absolute atomic E-state index is 0. The van der Waals surface area contributed by atoms with Gasteiger partial charge in [-0.2, -0.15) is 16.9 Å². The summed E-state index contributed by atoms with van der Waals surface area (Å²) in [6, 6.07) is 19.3. The smallest absolute Gasteiger partial charge is 0.191 e. The SMILES string of the molecule is CN=C(NCc1ccc(N2CCSCC2)cc1)NCc1ccccc1-n1nc(C)cc1C.I. The number of anilines is 1. The van der Waals surface area contributed by atoms with Gasteiger partial charge >= 0.3 is 0 Å². The second-order valence-corrected chi connectivity index (χ2v) is 9.24. The molecule has 0 aliphatic carbocycles. The van der Waals surface area contributed by atoms with Gasteiger partial charge in [0.05, 0.1) is 11.4 Å². The Morgan fingerprint density at radius 1 is 1.00 bits per heavy atom. The lowest BCUT2D eigenvalue weighted by atomic mass is 10.1. The van der Waals surface area contributed by atoms with Crippen LogP contribution in [-0.2, 0) is 13.1 Å². The fourth-order valence-corrected chi connectivity index (χ4v) is 4.87. The van der Waals surface area contributed by atoms with E-state index >= 15 is 0 Å². The molecule has 0 spiro atoms. The number of aliphatic imine (C=N–C) groups is 1. The lowest BCUT2D eigenvalue weighted by molar-refractivity contribution is 0.781. The highest BCUT2D eigenvalue weighted by Gasteiger charge is 2.11. The minimum Gasteiger partial charge on any atom is -0.370 e. The number of thioether (sulfide) groups is 1. The summed E-state index contributed by atoms with van der Waals surface area (Å²) in [6.07, 6.45) is 0. The van der Waals surface area contributed by atoms with Crippen molar-refractivity contribution < 1.29 is 0 Å². The first-order valence-electron chi connectivity index (χ1n) is 11.1. The lowest BCUT2D eigenvalue weighted by Crippen LogP contribution is -2.36. The quantitative estimate of drug-likeness (QED) is 0.257. The standard InChI is InChI=1S/C25H32N6S.HI/c1-19-16-20(2)31(29-19)24-7-5-4-6-22(24)18-28-25(26-3)27-17-21-8-10-23(11-9-21)30-12-14-32-15-13-30;/h4-11,16H,12-15,17-18H2,1-3H3,(H2,26,27,28);1H. The summed E-state index contributed by atoms with van der Waals surface area (Å²) in [5.74, 6) is 3.22. The van der Waals surface area contributed by atoms with Crippen LogP contribution in [0.1, 0.15) is 22.5 Å². The van der Waals surface area contributed by atoms with Crippen LogP contribution in [0.5, 0.6) is 0 Å². The summed E-state index contributed by atoms with van der Waals surface area (Å²) in [5.41, 5.74) is 6.97. The zero-order valence-corrected chi connectivity index (χ0v) is 22.7. The molecule has 8 heteroatoms. The minimum atomic E-state index is 0. The molecule has 1 aromatic heterocycles. The number of nitrogens with one attached hydrogen (secondary N) is 2. The maximum absolute atomic E-state index is 4.64. The fourth-order valence-electron chi connectivity index (χ4n) is 3.97. The summed E-state index contributed by atoms with van der Waals surface area (Å²) >= 11 is 2.04. The molecule has 0 bridgehead atoms. The van der Waals surface area contributed by atoms with Crippen LogP contribution in [0.15, 0.2) is 59.6 Å². The number of benzene rings is 2. The molecule has 0 unspecified atom stereocenters. The van der Waals surface area contributed by atoms with Crippen molar-refractivity contribution in [3.63, 3.8) is 0 Å². The molecule has 4 rings (SSSR count). The molecule has 1 fully saturated rings. The number of rotatable bonds is 6. The van der Waals surface area contributed by atoms with E-state index in [4.69, 9.17) is 0 Å². The summed E-state index contributed by atoms with van der Waals surface area (Å²) < 4.78 is 2.01. The predicted octanol–water partition coefficient (Wildman–Crippen LogP) is 4.53. The van der Waals surface area contributed by atoms with Crippen LogP contribution in [0.25, 0.3) is 5.69 Å². The van der Waals surface area contributed by atoms with Crippen LogP contribution in [0, 0.1) is 13.8 Å². The number of hydrogen-bond donors (Lipinski definition) is 2. The molecule has 2 N–H and O–H groups in total. The molecule has 0 atom stereocenters. The molecule has 2 aromatic carbocycles. The molecule has 0 amide bonds. The number of para-hydroxylation sites is 1. The number of guanidine groups is 1. The molecule has 0 radical (unpaired) electrons. The van der Waals surface area contributed by atoms with E-state index < -0.39 is 0 Å². The highest BCUT2D eigenvalue weighted by atomic mass is 127. The fraction of sp³-hybridized carbons (Fsp3) is 0.360. The van der Waals surface area contributed by atoms with Gasteiger partial charge in [0.15, 0.2) is 5.96 Å². The Morgan fingerprint density at radius 3 is 2.36 bits per heavy atom. The first kappa shape index (κ1) is 25.4. The van der Waals surface area contributed by atoms with Gasteiger partial charge in [-0.3, -0.25) is 4.99 Å². The van der Waals surface area contributed by atoms with E-state index in [1.54, 1.807) is 7.05 Å². The Morgan fingerprint density at radius 2 is 1.70 bits per heavy atom. The van der Waals surface area contributed by atoms with E-state index in [0.717, 1.165) is 42.7 Å². The van der Waals surface area contributed by atoms with E-state index in [2.05, 4.69) is 87.1 Å². The van der Waals surface area contributed by atoms with Crippen LogP contribution in [-0.4, -0.2) is 47.4 Å². The highest BCUT2D eigenvalue weighted by molar-refractivity contribution is 14.0. The molecule has 3 aromatic rings. The van der Waals surface area contributed by atoms with E-state index in [0.29, 0.717) is 6.54 Å². The second-order valence-electron chi connectivity index (χ2n) is 8.01. The van der Waals surface area contributed by atoms with Gasteiger partial charge in [-0.15, -0.1) is 24.0 Å². The van der Waals surface area contributed by atoms with Gasteiger partial charge in [-0.05, 0) is 49.2 Å². The van der Waals surface area contributed by atoms with Gasteiger partial charge in [0.1, 0.15) is 0 Å². The topological polar surface area (TPSA) is 57.5 Å². The van der Waals surface area contributed by atoms with E-state index in [9.17, 15) is 0 Å². The summed E-state index contributed by atoms with van der Waals surface area (Å²) in [4.78, 5) is 6.86. The molecule has 2 heterocycles. The van der Waals surface area contributed by atoms with Gasteiger partial charge < -0.3 is 15.5 Å². The molecule has 0 saturated carbocycles. The monoisotopic (exact) mass is 576 g/mol.